The Labute approximate surface area is 150 Å². The number of hydrazone groups is 1. The van der Waals surface area contributed by atoms with E-state index in [1.807, 2.05) is 17.8 Å². The van der Waals surface area contributed by atoms with E-state index in [9.17, 15) is 13.6 Å². The first-order valence-electron chi connectivity index (χ1n) is 8.43. The second kappa shape index (κ2) is 7.59. The van der Waals surface area contributed by atoms with Crippen LogP contribution in [0.2, 0.25) is 0 Å². The average Bonchev–Trinajstić information content (AvgIpc) is 3.22. The van der Waals surface area contributed by atoms with Crippen molar-refractivity contribution in [1.82, 2.24) is 14.8 Å². The molecule has 2 aromatic rings. The first kappa shape index (κ1) is 18.0. The van der Waals surface area contributed by atoms with Crippen LogP contribution >= 0.6 is 0 Å². The first-order valence-corrected chi connectivity index (χ1v) is 8.43. The minimum atomic E-state index is -0.673. The van der Waals surface area contributed by atoms with Crippen molar-refractivity contribution in [2.24, 2.45) is 5.10 Å². The van der Waals surface area contributed by atoms with Gasteiger partial charge in [-0.25, -0.2) is 13.8 Å². The monoisotopic (exact) mass is 358 g/mol. The van der Waals surface area contributed by atoms with Crippen LogP contribution in [0.1, 0.15) is 36.4 Å². The highest BCUT2D eigenvalue weighted by Gasteiger charge is 2.30. The minimum absolute atomic E-state index is 0.329. The summed E-state index contributed by atoms with van der Waals surface area (Å²) in [5, 5.41) is 9.54. The highest BCUT2D eigenvalue weighted by Crippen LogP contribution is 2.30. The lowest BCUT2D eigenvalue weighted by atomic mass is 10.0. The van der Waals surface area contributed by atoms with E-state index >= 15 is 0 Å². The van der Waals surface area contributed by atoms with E-state index in [4.69, 9.17) is 0 Å². The van der Waals surface area contributed by atoms with Gasteiger partial charge in [-0.3, -0.25) is 9.48 Å². The van der Waals surface area contributed by atoms with Crippen molar-refractivity contribution in [1.29, 1.82) is 0 Å². The molecule has 0 fully saturated rings. The van der Waals surface area contributed by atoms with Crippen molar-refractivity contribution in [3.05, 3.63) is 65.5 Å². The zero-order valence-corrected chi connectivity index (χ0v) is 14.5. The molecule has 0 spiro atoms. The SMILES string of the molecule is C=C(CCCn1cc(C)cn1)C(=O)N1N=CCC1c1cc(F)cc(F)c1. The predicted octanol–water partition coefficient (Wildman–Crippen LogP) is 3.77. The van der Waals surface area contributed by atoms with Crippen LogP contribution in [-0.4, -0.2) is 26.9 Å². The summed E-state index contributed by atoms with van der Waals surface area (Å²) >= 11 is 0. The van der Waals surface area contributed by atoms with Crippen molar-refractivity contribution in [2.75, 3.05) is 0 Å². The van der Waals surface area contributed by atoms with Crippen LogP contribution < -0.4 is 0 Å². The molecule has 0 radical (unpaired) electrons. The number of nitrogens with zero attached hydrogens (tertiary/aromatic N) is 4. The van der Waals surface area contributed by atoms with Crippen molar-refractivity contribution < 1.29 is 13.6 Å². The topological polar surface area (TPSA) is 50.5 Å². The van der Waals surface area contributed by atoms with Gasteiger partial charge in [0.25, 0.3) is 5.91 Å². The fourth-order valence-corrected chi connectivity index (χ4v) is 2.97. The van der Waals surface area contributed by atoms with Gasteiger partial charge in [0.1, 0.15) is 11.6 Å². The lowest BCUT2D eigenvalue weighted by molar-refractivity contribution is -0.129. The molecule has 1 aliphatic rings. The van der Waals surface area contributed by atoms with Gasteiger partial charge in [0, 0.05) is 37.0 Å². The van der Waals surface area contributed by atoms with E-state index < -0.39 is 17.7 Å². The lowest BCUT2D eigenvalue weighted by Gasteiger charge is -2.23. The molecule has 2 heterocycles. The van der Waals surface area contributed by atoms with E-state index in [0.717, 1.165) is 11.6 Å². The van der Waals surface area contributed by atoms with Gasteiger partial charge in [-0.15, -0.1) is 0 Å². The third-order valence-corrected chi connectivity index (χ3v) is 4.24. The van der Waals surface area contributed by atoms with Gasteiger partial charge < -0.3 is 0 Å². The molecule has 7 heteroatoms. The molecule has 0 saturated carbocycles. The fourth-order valence-electron chi connectivity index (χ4n) is 2.97. The third-order valence-electron chi connectivity index (χ3n) is 4.24. The zero-order valence-electron chi connectivity index (χ0n) is 14.5. The molecule has 0 saturated heterocycles. The zero-order chi connectivity index (χ0) is 18.7. The number of amides is 1. The number of rotatable bonds is 6. The molecular weight excluding hydrogens is 338 g/mol. The van der Waals surface area contributed by atoms with Crippen molar-refractivity contribution in [3.8, 4) is 0 Å². The molecule has 1 amide bonds. The molecule has 0 aliphatic carbocycles. The van der Waals surface area contributed by atoms with Gasteiger partial charge in [0.2, 0.25) is 0 Å². The van der Waals surface area contributed by atoms with Crippen LogP contribution in [0.3, 0.4) is 0 Å². The Balaban J connectivity index is 1.61. The van der Waals surface area contributed by atoms with Gasteiger partial charge in [0.05, 0.1) is 12.2 Å². The lowest BCUT2D eigenvalue weighted by Crippen LogP contribution is -2.28. The summed E-state index contributed by atoms with van der Waals surface area (Å²) in [5.41, 5.74) is 1.87. The molecule has 1 unspecified atom stereocenters. The van der Waals surface area contributed by atoms with E-state index in [2.05, 4.69) is 16.8 Å². The van der Waals surface area contributed by atoms with Crippen LogP contribution in [-0.2, 0) is 11.3 Å². The molecule has 136 valence electrons. The summed E-state index contributed by atoms with van der Waals surface area (Å²) in [5.74, 6) is -1.68. The molecule has 3 rings (SSSR count). The maximum atomic E-state index is 13.5. The van der Waals surface area contributed by atoms with Crippen molar-refractivity contribution >= 4 is 12.1 Å². The number of hydrogen-bond donors (Lipinski definition) is 0. The van der Waals surface area contributed by atoms with Crippen LogP contribution in [0.4, 0.5) is 8.78 Å². The second-order valence-electron chi connectivity index (χ2n) is 6.39. The largest absolute Gasteiger partial charge is 0.272 e. The standard InChI is InChI=1S/C19H20F2N4O/c1-13-11-23-24(12-13)7-3-4-14(2)19(26)25-18(5-6-22-25)15-8-16(20)10-17(21)9-15/h6,8-12,18H,2-5,7H2,1H3. The average molecular weight is 358 g/mol. The Kier molecular flexibility index (Phi) is 5.25. The Morgan fingerprint density at radius 1 is 1.31 bits per heavy atom. The Hall–Kier alpha value is -2.83. The normalized spacial score (nSPS) is 16.3. The summed E-state index contributed by atoms with van der Waals surface area (Å²) in [6, 6.07) is 2.75. The maximum absolute atomic E-state index is 13.5. The van der Waals surface area contributed by atoms with Gasteiger partial charge >= 0.3 is 0 Å². The Morgan fingerprint density at radius 2 is 2.04 bits per heavy atom. The van der Waals surface area contributed by atoms with Crippen LogP contribution in [0.15, 0.2) is 47.8 Å². The smallest absolute Gasteiger partial charge is 0.269 e. The van der Waals surface area contributed by atoms with E-state index in [1.54, 1.807) is 12.4 Å². The van der Waals surface area contributed by atoms with E-state index in [-0.39, 0.29) is 5.91 Å². The van der Waals surface area contributed by atoms with Crippen LogP contribution in [0.25, 0.3) is 0 Å². The molecule has 0 bridgehead atoms. The number of benzene rings is 1. The molecule has 1 aliphatic heterocycles. The fraction of sp³-hybridized carbons (Fsp3) is 0.316. The van der Waals surface area contributed by atoms with E-state index in [0.29, 0.717) is 36.9 Å². The molecule has 1 atom stereocenters. The van der Waals surface area contributed by atoms with Gasteiger partial charge in [-0.1, -0.05) is 6.58 Å². The predicted molar refractivity (Wildman–Crippen MR) is 94.4 cm³/mol. The highest BCUT2D eigenvalue weighted by atomic mass is 19.1. The molecule has 26 heavy (non-hydrogen) atoms. The van der Waals surface area contributed by atoms with Gasteiger partial charge in [-0.05, 0) is 43.0 Å². The minimum Gasteiger partial charge on any atom is -0.272 e. The molecule has 1 aromatic heterocycles. The summed E-state index contributed by atoms with van der Waals surface area (Å²) in [7, 11) is 0. The first-order chi connectivity index (χ1) is 12.4. The number of aromatic nitrogens is 2. The van der Waals surface area contributed by atoms with Gasteiger partial charge in [0.15, 0.2) is 0 Å². The van der Waals surface area contributed by atoms with E-state index in [1.165, 1.54) is 17.1 Å². The van der Waals surface area contributed by atoms with Crippen LogP contribution in [0, 0.1) is 18.6 Å². The summed E-state index contributed by atoms with van der Waals surface area (Å²) < 4.78 is 28.8. The number of carbonyl (C=O) groups excluding carboxylic acids is 1. The second-order valence-corrected chi connectivity index (χ2v) is 6.39. The Morgan fingerprint density at radius 3 is 2.69 bits per heavy atom. The molecule has 0 N–H and O–H groups in total. The molecular formula is C19H20F2N4O. The van der Waals surface area contributed by atoms with Gasteiger partial charge in [-0.2, -0.15) is 10.2 Å². The molecule has 5 nitrogen and oxygen atoms in total. The summed E-state index contributed by atoms with van der Waals surface area (Å²) in [4.78, 5) is 12.6. The maximum Gasteiger partial charge on any atom is 0.269 e. The van der Waals surface area contributed by atoms with Crippen LogP contribution in [0.5, 0.6) is 0 Å². The summed E-state index contributed by atoms with van der Waals surface area (Å²) in [6.07, 6.45) is 6.90. The molecule has 1 aromatic carbocycles. The number of carbonyl (C=O) groups is 1. The third kappa shape index (κ3) is 4.04. The van der Waals surface area contributed by atoms with Crippen molar-refractivity contribution in [2.45, 2.75) is 38.8 Å². The number of halogens is 2. The quantitative estimate of drug-likeness (QED) is 0.738. The highest BCUT2D eigenvalue weighted by molar-refractivity contribution is 5.94. The number of hydrogen-bond acceptors (Lipinski definition) is 3. The summed E-state index contributed by atoms with van der Waals surface area (Å²) in [6.45, 7) is 6.50. The van der Waals surface area contributed by atoms with Crippen molar-refractivity contribution in [3.63, 3.8) is 0 Å². The number of aryl methyl sites for hydroxylation is 2. The Bertz CT molecular complexity index is 839.